The Morgan fingerprint density at radius 2 is 1.95 bits per heavy atom. The number of hydrogen-bond donors (Lipinski definition) is 0. The van der Waals surface area contributed by atoms with Gasteiger partial charge in [-0.15, -0.1) is 0 Å². The van der Waals surface area contributed by atoms with E-state index in [4.69, 9.17) is 4.74 Å². The van der Waals surface area contributed by atoms with Crippen LogP contribution >= 0.6 is 11.8 Å². The third-order valence-electron chi connectivity index (χ3n) is 2.91. The molecular formula is C16H17BO2S. The van der Waals surface area contributed by atoms with Gasteiger partial charge in [-0.25, -0.2) is 0 Å². The molecule has 0 aliphatic carbocycles. The molecule has 1 aromatic heterocycles. The van der Waals surface area contributed by atoms with Gasteiger partial charge >= 0.3 is 124 Å². The predicted molar refractivity (Wildman–Crippen MR) is 86.2 cm³/mol. The Bertz CT molecular complexity index is 540. The second kappa shape index (κ2) is 7.90. The van der Waals surface area contributed by atoms with Crippen LogP contribution in [-0.4, -0.2) is 31.3 Å². The van der Waals surface area contributed by atoms with Crippen LogP contribution < -0.4 is 4.74 Å². The van der Waals surface area contributed by atoms with Gasteiger partial charge in [-0.2, -0.15) is 0 Å². The minimum atomic E-state index is 0.0412. The minimum absolute atomic E-state index is 0.0412. The second-order valence-electron chi connectivity index (χ2n) is 4.41. The third kappa shape index (κ3) is 4.24. The molecule has 4 heteroatoms. The summed E-state index contributed by atoms with van der Waals surface area (Å²) in [6, 6.07) is 13.0. The first-order valence-corrected chi connectivity index (χ1v) is 8.02. The van der Waals surface area contributed by atoms with Crippen molar-refractivity contribution in [3.63, 3.8) is 0 Å². The Hall–Kier alpha value is -1.55. The predicted octanol–water partition coefficient (Wildman–Crippen LogP) is 3.39. The SMILES string of the molecule is CSCCCOc1bcc(C(=O)c2ccccc2)cc1. The van der Waals surface area contributed by atoms with Crippen LogP contribution in [0.25, 0.3) is 0 Å². The van der Waals surface area contributed by atoms with Crippen molar-refractivity contribution in [2.45, 2.75) is 6.42 Å². The maximum absolute atomic E-state index is 12.2. The number of carbonyl (C=O) groups is 1. The van der Waals surface area contributed by atoms with Gasteiger partial charge in [-0.3, -0.25) is 0 Å². The van der Waals surface area contributed by atoms with Gasteiger partial charge in [0.15, 0.2) is 0 Å². The standard InChI is InChI=1S/C16H17BO2S/c1-20-11-5-10-19-15-9-8-14(12-17-15)16(18)13-6-3-2-4-7-13/h2-4,6-9,12H,5,10-11H2,1H3. The molecule has 0 atom stereocenters. The number of hydrogen-bond acceptors (Lipinski definition) is 3. The molecule has 2 rings (SSSR count). The zero-order valence-electron chi connectivity index (χ0n) is 11.5. The molecule has 0 N–H and O–H groups in total. The molecule has 0 unspecified atom stereocenters. The summed E-state index contributed by atoms with van der Waals surface area (Å²) < 4.78 is 5.62. The van der Waals surface area contributed by atoms with Gasteiger partial charge in [0.25, 0.3) is 0 Å². The van der Waals surface area contributed by atoms with Crippen molar-refractivity contribution < 1.29 is 9.53 Å². The fourth-order valence-electron chi connectivity index (χ4n) is 1.85. The quantitative estimate of drug-likeness (QED) is 0.576. The van der Waals surface area contributed by atoms with E-state index in [0.29, 0.717) is 17.7 Å². The van der Waals surface area contributed by atoms with E-state index in [9.17, 15) is 4.79 Å². The average molecular weight is 284 g/mol. The summed E-state index contributed by atoms with van der Waals surface area (Å²) in [5.74, 6) is 2.96. The van der Waals surface area contributed by atoms with Crippen LogP contribution in [0.3, 0.4) is 0 Å². The van der Waals surface area contributed by atoms with Crippen molar-refractivity contribution in [1.82, 2.24) is 0 Å². The summed E-state index contributed by atoms with van der Waals surface area (Å²) in [6.45, 7) is 2.57. The summed E-state index contributed by atoms with van der Waals surface area (Å²) in [5, 5.41) is 0. The first-order chi connectivity index (χ1) is 9.81. The molecule has 0 spiro atoms. The van der Waals surface area contributed by atoms with Crippen molar-refractivity contribution in [3.8, 4) is 5.64 Å². The van der Waals surface area contributed by atoms with Crippen LogP contribution in [-0.2, 0) is 0 Å². The molecule has 0 amide bonds. The molecule has 102 valence electrons. The molecule has 0 saturated heterocycles. The topological polar surface area (TPSA) is 26.3 Å². The molecule has 2 aromatic rings. The van der Waals surface area contributed by atoms with Crippen LogP contribution in [0, 0.1) is 0 Å². The van der Waals surface area contributed by atoms with Crippen LogP contribution in [0.4, 0.5) is 0 Å². The second-order valence-corrected chi connectivity index (χ2v) is 5.40. The van der Waals surface area contributed by atoms with E-state index in [1.807, 2.05) is 67.1 Å². The summed E-state index contributed by atoms with van der Waals surface area (Å²) >= 11 is 1.82. The Labute approximate surface area is 124 Å². The maximum atomic E-state index is 12.2. The van der Waals surface area contributed by atoms with Crippen molar-refractivity contribution in [1.29, 1.82) is 0 Å². The van der Waals surface area contributed by atoms with E-state index in [1.54, 1.807) is 0 Å². The molecule has 20 heavy (non-hydrogen) atoms. The van der Waals surface area contributed by atoms with E-state index in [-0.39, 0.29) is 5.78 Å². The van der Waals surface area contributed by atoms with Crippen molar-refractivity contribution in [2.24, 2.45) is 0 Å². The Morgan fingerprint density at radius 1 is 1.15 bits per heavy atom. The van der Waals surface area contributed by atoms with Gasteiger partial charge in [0.1, 0.15) is 0 Å². The molecule has 0 fully saturated rings. The third-order valence-corrected chi connectivity index (χ3v) is 3.61. The Morgan fingerprint density at radius 3 is 2.60 bits per heavy atom. The van der Waals surface area contributed by atoms with Crippen LogP contribution in [0.5, 0.6) is 5.64 Å². The Balaban J connectivity index is 1.96. The monoisotopic (exact) mass is 284 g/mol. The van der Waals surface area contributed by atoms with Gasteiger partial charge in [0.2, 0.25) is 0 Å². The van der Waals surface area contributed by atoms with Gasteiger partial charge in [-0.05, 0) is 0 Å². The molecule has 0 bridgehead atoms. The van der Waals surface area contributed by atoms with Crippen LogP contribution in [0.2, 0.25) is 0 Å². The number of carbonyl (C=O) groups excluding carboxylic acids is 1. The van der Waals surface area contributed by atoms with Gasteiger partial charge in [-0.1, -0.05) is 0 Å². The number of ether oxygens (including phenoxy) is 1. The molecule has 0 aliphatic heterocycles. The average Bonchev–Trinajstić information content (AvgIpc) is 2.52. The fraction of sp³-hybridized carbons (Fsp3) is 0.250. The normalized spacial score (nSPS) is 10.1. The Kier molecular flexibility index (Phi) is 5.87. The number of ketones is 1. The zero-order chi connectivity index (χ0) is 14.2. The first kappa shape index (κ1) is 14.9. The molecule has 1 heterocycles. The summed E-state index contributed by atoms with van der Waals surface area (Å²) in [7, 11) is 0. The van der Waals surface area contributed by atoms with Crippen molar-refractivity contribution in [2.75, 3.05) is 18.6 Å². The number of benzene rings is 1. The van der Waals surface area contributed by atoms with Gasteiger partial charge in [0.05, 0.1) is 0 Å². The summed E-state index contributed by atoms with van der Waals surface area (Å²) in [4.78, 5) is 12.2. The van der Waals surface area contributed by atoms with Crippen molar-refractivity contribution >= 4 is 24.5 Å². The van der Waals surface area contributed by atoms with Gasteiger partial charge in [0, 0.05) is 0 Å². The van der Waals surface area contributed by atoms with E-state index in [0.717, 1.165) is 17.8 Å². The van der Waals surface area contributed by atoms with Gasteiger partial charge < -0.3 is 0 Å². The molecule has 1 aromatic carbocycles. The molecule has 0 saturated carbocycles. The van der Waals surface area contributed by atoms with Crippen molar-refractivity contribution in [3.05, 3.63) is 59.6 Å². The van der Waals surface area contributed by atoms with Crippen LogP contribution in [0.1, 0.15) is 22.3 Å². The van der Waals surface area contributed by atoms with E-state index >= 15 is 0 Å². The molecule has 0 aliphatic rings. The molecule has 2 nitrogen and oxygen atoms in total. The summed E-state index contributed by atoms with van der Waals surface area (Å²) in [6.07, 6.45) is 3.12. The first-order valence-electron chi connectivity index (χ1n) is 6.63. The van der Waals surface area contributed by atoms with E-state index < -0.39 is 0 Å². The van der Waals surface area contributed by atoms with E-state index in [1.165, 1.54) is 0 Å². The van der Waals surface area contributed by atoms with E-state index in [2.05, 4.69) is 6.26 Å². The zero-order valence-corrected chi connectivity index (χ0v) is 12.4. The number of thioether (sulfide) groups is 1. The molecular weight excluding hydrogens is 267 g/mol. The number of rotatable bonds is 7. The van der Waals surface area contributed by atoms with Crippen LogP contribution in [0.15, 0.2) is 48.4 Å². The summed E-state index contributed by atoms with van der Waals surface area (Å²) in [5.41, 5.74) is 2.21. The molecule has 0 radical (unpaired) electrons. The fourth-order valence-corrected chi connectivity index (χ4v) is 2.26.